The summed E-state index contributed by atoms with van der Waals surface area (Å²) in [6.07, 6.45) is 1.75. The maximum absolute atomic E-state index is 13.2. The fourth-order valence-corrected chi connectivity index (χ4v) is 6.13. The van der Waals surface area contributed by atoms with Crippen molar-refractivity contribution < 1.29 is 13.2 Å². The molecule has 2 aromatic carbocycles. The summed E-state index contributed by atoms with van der Waals surface area (Å²) in [6, 6.07) is 13.1. The predicted octanol–water partition coefficient (Wildman–Crippen LogP) is 3.75. The van der Waals surface area contributed by atoms with E-state index < -0.39 is 10.0 Å². The Hall–Kier alpha value is -3.33. The first-order chi connectivity index (χ1) is 16.1. The Bertz CT molecular complexity index is 1320. The van der Waals surface area contributed by atoms with Crippen LogP contribution >= 0.6 is 0 Å². The first-order valence-corrected chi connectivity index (χ1v) is 12.8. The normalized spacial score (nSPS) is 14.9. The van der Waals surface area contributed by atoms with Gasteiger partial charge in [0.05, 0.1) is 17.1 Å². The molecule has 8 nitrogen and oxygen atoms in total. The van der Waals surface area contributed by atoms with Gasteiger partial charge in [-0.15, -0.1) is 0 Å². The van der Waals surface area contributed by atoms with Crippen LogP contribution in [0.4, 0.5) is 11.4 Å². The summed E-state index contributed by atoms with van der Waals surface area (Å²) in [7, 11) is -2.14. The minimum Gasteiger partial charge on any atom is -0.399 e. The molecule has 180 valence electrons. The van der Waals surface area contributed by atoms with Gasteiger partial charge in [-0.05, 0) is 74.9 Å². The lowest BCUT2D eigenvalue weighted by Crippen LogP contribution is -2.38. The van der Waals surface area contributed by atoms with Crippen molar-refractivity contribution in [2.24, 2.45) is 7.05 Å². The Morgan fingerprint density at radius 2 is 1.71 bits per heavy atom. The number of anilines is 2. The number of amides is 1. The number of likely N-dealkylation sites (tertiary alicyclic amines) is 1. The molecule has 1 saturated heterocycles. The molecule has 9 heteroatoms. The molecule has 1 fully saturated rings. The van der Waals surface area contributed by atoms with E-state index in [0.717, 1.165) is 24.1 Å². The number of nitrogens with zero attached hydrogens (tertiary/aromatic N) is 3. The van der Waals surface area contributed by atoms with Crippen molar-refractivity contribution in [3.63, 3.8) is 0 Å². The van der Waals surface area contributed by atoms with Gasteiger partial charge in [0, 0.05) is 31.4 Å². The van der Waals surface area contributed by atoms with Gasteiger partial charge in [0.15, 0.2) is 0 Å². The second kappa shape index (κ2) is 9.13. The molecule has 1 aliphatic heterocycles. The number of nitrogen functional groups attached to an aromatic ring is 1. The van der Waals surface area contributed by atoms with E-state index in [1.165, 1.54) is 5.56 Å². The van der Waals surface area contributed by atoms with Crippen molar-refractivity contribution in [3.05, 3.63) is 70.5 Å². The first-order valence-electron chi connectivity index (χ1n) is 11.3. The topological polar surface area (TPSA) is 110 Å². The highest BCUT2D eigenvalue weighted by Gasteiger charge is 2.27. The van der Waals surface area contributed by atoms with Crippen molar-refractivity contribution in [2.75, 3.05) is 23.5 Å². The quantitative estimate of drug-likeness (QED) is 0.539. The molecule has 4 rings (SSSR count). The van der Waals surface area contributed by atoms with Crippen molar-refractivity contribution in [2.45, 2.75) is 44.4 Å². The average Bonchev–Trinajstić information content (AvgIpc) is 3.07. The van der Waals surface area contributed by atoms with E-state index in [1.807, 2.05) is 24.0 Å². The lowest BCUT2D eigenvalue weighted by atomic mass is 9.89. The maximum atomic E-state index is 13.2. The number of rotatable bonds is 5. The summed E-state index contributed by atoms with van der Waals surface area (Å²) in [5, 5.41) is 4.21. The lowest BCUT2D eigenvalue weighted by molar-refractivity contribution is 0.0713. The summed E-state index contributed by atoms with van der Waals surface area (Å²) in [5.41, 5.74) is 10.4. The van der Waals surface area contributed by atoms with Gasteiger partial charge >= 0.3 is 0 Å². The summed E-state index contributed by atoms with van der Waals surface area (Å²) >= 11 is 0. The zero-order valence-corrected chi connectivity index (χ0v) is 20.8. The molecule has 0 bridgehead atoms. The SMILES string of the molecule is Cc1ccc(C(=O)N2CCC(c3ccc(N)cc3)CC2)cc1NS(=O)(=O)c1c(C)nn(C)c1C. The summed E-state index contributed by atoms with van der Waals surface area (Å²) in [4.78, 5) is 15.2. The Morgan fingerprint density at radius 1 is 1.06 bits per heavy atom. The molecule has 1 amide bonds. The summed E-state index contributed by atoms with van der Waals surface area (Å²) in [5.74, 6) is 0.306. The Kier molecular flexibility index (Phi) is 6.40. The van der Waals surface area contributed by atoms with Crippen molar-refractivity contribution in [3.8, 4) is 0 Å². The molecule has 0 atom stereocenters. The van der Waals surface area contributed by atoms with Gasteiger partial charge in [-0.3, -0.25) is 14.2 Å². The van der Waals surface area contributed by atoms with E-state index in [0.29, 0.717) is 41.6 Å². The Labute approximate surface area is 200 Å². The van der Waals surface area contributed by atoms with E-state index in [1.54, 1.807) is 43.8 Å². The number of carbonyl (C=O) groups is 1. The number of hydrogen-bond acceptors (Lipinski definition) is 5. The van der Waals surface area contributed by atoms with Crippen LogP contribution in [0.15, 0.2) is 47.4 Å². The largest absolute Gasteiger partial charge is 0.399 e. The number of aromatic nitrogens is 2. The number of nitrogens with one attached hydrogen (secondary N) is 1. The monoisotopic (exact) mass is 481 g/mol. The van der Waals surface area contributed by atoms with Crippen LogP contribution < -0.4 is 10.5 Å². The van der Waals surface area contributed by atoms with Crippen LogP contribution in [0.2, 0.25) is 0 Å². The van der Waals surface area contributed by atoms with Crippen LogP contribution in [0, 0.1) is 20.8 Å². The number of piperidine rings is 1. The van der Waals surface area contributed by atoms with E-state index in [-0.39, 0.29) is 10.8 Å². The third-order valence-corrected chi connectivity index (χ3v) is 8.25. The number of sulfonamides is 1. The van der Waals surface area contributed by atoms with Gasteiger partial charge in [0.2, 0.25) is 0 Å². The predicted molar refractivity (Wildman–Crippen MR) is 133 cm³/mol. The van der Waals surface area contributed by atoms with Gasteiger partial charge in [-0.1, -0.05) is 18.2 Å². The van der Waals surface area contributed by atoms with E-state index >= 15 is 0 Å². The molecule has 0 unspecified atom stereocenters. The van der Waals surface area contributed by atoms with Gasteiger partial charge in [-0.25, -0.2) is 8.42 Å². The highest BCUT2D eigenvalue weighted by molar-refractivity contribution is 7.92. The van der Waals surface area contributed by atoms with Crippen LogP contribution in [0.3, 0.4) is 0 Å². The molecule has 0 aliphatic carbocycles. The van der Waals surface area contributed by atoms with Crippen molar-refractivity contribution in [1.82, 2.24) is 14.7 Å². The number of benzene rings is 2. The van der Waals surface area contributed by atoms with Gasteiger partial charge in [0.25, 0.3) is 15.9 Å². The molecular formula is C25H31N5O3S. The third kappa shape index (κ3) is 4.65. The van der Waals surface area contributed by atoms with Crippen LogP contribution in [-0.4, -0.2) is 42.1 Å². The van der Waals surface area contributed by atoms with Crippen molar-refractivity contribution in [1.29, 1.82) is 0 Å². The smallest absolute Gasteiger partial charge is 0.265 e. The highest BCUT2D eigenvalue weighted by Crippen LogP contribution is 2.30. The highest BCUT2D eigenvalue weighted by atomic mass is 32.2. The number of aryl methyl sites for hydroxylation is 3. The van der Waals surface area contributed by atoms with Crippen LogP contribution in [0.1, 0.15) is 51.6 Å². The molecular weight excluding hydrogens is 450 g/mol. The average molecular weight is 482 g/mol. The Morgan fingerprint density at radius 3 is 2.29 bits per heavy atom. The minimum absolute atomic E-state index is 0.0926. The fourth-order valence-electron chi connectivity index (χ4n) is 4.57. The molecule has 3 aromatic rings. The molecule has 1 aliphatic rings. The standard InChI is InChI=1S/C25H31N5O3S/c1-16-5-6-21(15-23(16)28-34(32,33)24-17(2)27-29(4)18(24)3)25(31)30-13-11-20(12-14-30)19-7-9-22(26)10-8-19/h5-10,15,20,28H,11-14,26H2,1-4H3. The van der Waals surface area contributed by atoms with Crippen LogP contribution in [-0.2, 0) is 17.1 Å². The fraction of sp³-hybridized carbons (Fsp3) is 0.360. The van der Waals surface area contributed by atoms with E-state index in [9.17, 15) is 13.2 Å². The minimum atomic E-state index is -3.85. The van der Waals surface area contributed by atoms with Gasteiger partial charge in [0.1, 0.15) is 4.90 Å². The molecule has 2 heterocycles. The summed E-state index contributed by atoms with van der Waals surface area (Å²) in [6.45, 7) is 6.50. The Balaban J connectivity index is 1.50. The number of nitrogens with two attached hydrogens (primary N) is 1. The molecule has 0 saturated carbocycles. The third-order valence-electron chi connectivity index (χ3n) is 6.63. The molecule has 3 N–H and O–H groups in total. The second-order valence-electron chi connectivity index (χ2n) is 8.99. The van der Waals surface area contributed by atoms with Crippen molar-refractivity contribution >= 4 is 27.3 Å². The van der Waals surface area contributed by atoms with Gasteiger partial charge in [-0.2, -0.15) is 5.10 Å². The van der Waals surface area contributed by atoms with Crippen LogP contribution in [0.25, 0.3) is 0 Å². The molecule has 0 radical (unpaired) electrons. The zero-order chi connectivity index (χ0) is 24.6. The number of carbonyl (C=O) groups excluding carboxylic acids is 1. The molecule has 0 spiro atoms. The van der Waals surface area contributed by atoms with E-state index in [2.05, 4.69) is 22.0 Å². The second-order valence-corrected chi connectivity index (χ2v) is 10.6. The first kappa shape index (κ1) is 23.8. The summed E-state index contributed by atoms with van der Waals surface area (Å²) < 4.78 is 30.4. The van der Waals surface area contributed by atoms with Gasteiger partial charge < -0.3 is 10.6 Å². The lowest BCUT2D eigenvalue weighted by Gasteiger charge is -2.32. The van der Waals surface area contributed by atoms with Crippen LogP contribution in [0.5, 0.6) is 0 Å². The number of hydrogen-bond donors (Lipinski definition) is 2. The molecule has 1 aromatic heterocycles. The zero-order valence-electron chi connectivity index (χ0n) is 20.0. The van der Waals surface area contributed by atoms with E-state index in [4.69, 9.17) is 5.73 Å². The maximum Gasteiger partial charge on any atom is 0.265 e. The molecule has 34 heavy (non-hydrogen) atoms.